The highest BCUT2D eigenvalue weighted by Crippen LogP contribution is 2.32. The molecule has 1 aromatic heterocycles. The van der Waals surface area contributed by atoms with E-state index in [1.165, 1.54) is 0 Å². The lowest BCUT2D eigenvalue weighted by molar-refractivity contribution is -0.132. The van der Waals surface area contributed by atoms with Crippen molar-refractivity contribution in [2.45, 2.75) is 25.3 Å². The Morgan fingerprint density at radius 1 is 1.11 bits per heavy atom. The second-order valence-electron chi connectivity index (χ2n) is 6.88. The molecule has 0 fully saturated rings. The highest BCUT2D eigenvalue weighted by Gasteiger charge is 2.26. The number of hydrogen-bond acceptors (Lipinski definition) is 4. The Bertz CT molecular complexity index is 949. The first-order valence-corrected chi connectivity index (χ1v) is 8.97. The Hall–Kier alpha value is -3.28. The van der Waals surface area contributed by atoms with Gasteiger partial charge in [0.25, 0.3) is 0 Å². The molecule has 0 spiro atoms. The minimum Gasteiger partial charge on any atom is -0.508 e. The number of benzene rings is 2. The summed E-state index contributed by atoms with van der Waals surface area (Å²) >= 11 is 0. The number of nitrogens with one attached hydrogen (secondary N) is 1. The maximum atomic E-state index is 13.0. The first kappa shape index (κ1) is 17.1. The van der Waals surface area contributed by atoms with E-state index in [4.69, 9.17) is 0 Å². The Kier molecular flexibility index (Phi) is 4.54. The van der Waals surface area contributed by atoms with Crippen LogP contribution in [-0.2, 0) is 17.8 Å². The van der Waals surface area contributed by atoms with E-state index in [1.807, 2.05) is 23.1 Å². The smallest absolute Gasteiger partial charge is 0.223 e. The molecule has 2 aromatic carbocycles. The molecule has 3 N–H and O–H groups in total. The van der Waals surface area contributed by atoms with Gasteiger partial charge in [-0.3, -0.25) is 9.89 Å². The van der Waals surface area contributed by atoms with Crippen molar-refractivity contribution in [3.05, 3.63) is 77.1 Å². The fourth-order valence-electron chi connectivity index (χ4n) is 3.61. The Balaban J connectivity index is 1.59. The quantitative estimate of drug-likeness (QED) is 0.665. The lowest BCUT2D eigenvalue weighted by Gasteiger charge is -2.28. The molecule has 0 saturated heterocycles. The summed E-state index contributed by atoms with van der Waals surface area (Å²) in [5.41, 5.74) is 3.96. The van der Waals surface area contributed by atoms with Crippen molar-refractivity contribution < 1.29 is 15.0 Å². The molecule has 0 aliphatic carbocycles. The van der Waals surface area contributed by atoms with Crippen LogP contribution in [0.3, 0.4) is 0 Å². The summed E-state index contributed by atoms with van der Waals surface area (Å²) in [6, 6.07) is 13.9. The van der Waals surface area contributed by atoms with Gasteiger partial charge in [0, 0.05) is 43.1 Å². The maximum absolute atomic E-state index is 13.0. The number of aromatic nitrogens is 2. The lowest BCUT2D eigenvalue weighted by Crippen LogP contribution is -2.36. The predicted octanol–water partition coefficient (Wildman–Crippen LogP) is 2.93. The molecule has 3 aromatic rings. The number of H-pyrrole nitrogens is 1. The lowest BCUT2D eigenvalue weighted by atomic mass is 9.87. The van der Waals surface area contributed by atoms with E-state index in [9.17, 15) is 15.0 Å². The number of aromatic amines is 1. The second kappa shape index (κ2) is 7.15. The third kappa shape index (κ3) is 3.65. The number of carbonyl (C=O) groups excluding carboxylic acids is 1. The van der Waals surface area contributed by atoms with Crippen LogP contribution >= 0.6 is 0 Å². The molecule has 1 unspecified atom stereocenters. The number of amides is 1. The standard InChI is InChI=1S/C21H21N3O3/c25-17-6-4-14(5-7-17)19(15-2-1-3-18(26)10-15)11-21(27)24-9-8-20-16(13-24)12-22-23-20/h1-7,10,12,19,25-26H,8-9,11,13H2,(H,22,23). The number of hydrogen-bond donors (Lipinski definition) is 3. The van der Waals surface area contributed by atoms with Gasteiger partial charge in [-0.2, -0.15) is 5.10 Å². The van der Waals surface area contributed by atoms with Crippen LogP contribution in [0.4, 0.5) is 0 Å². The summed E-state index contributed by atoms with van der Waals surface area (Å²) < 4.78 is 0. The molecule has 0 saturated carbocycles. The van der Waals surface area contributed by atoms with Crippen molar-refractivity contribution in [3.63, 3.8) is 0 Å². The molecule has 1 aliphatic rings. The van der Waals surface area contributed by atoms with E-state index in [1.54, 1.807) is 36.5 Å². The maximum Gasteiger partial charge on any atom is 0.223 e. The Morgan fingerprint density at radius 2 is 1.93 bits per heavy atom. The Morgan fingerprint density at radius 3 is 2.70 bits per heavy atom. The van der Waals surface area contributed by atoms with Crippen molar-refractivity contribution in [2.75, 3.05) is 6.54 Å². The molecule has 138 valence electrons. The van der Waals surface area contributed by atoms with Crippen LogP contribution in [-0.4, -0.2) is 37.8 Å². The molecule has 6 heteroatoms. The summed E-state index contributed by atoms with van der Waals surface area (Å²) in [5.74, 6) is 0.215. The minimum atomic E-state index is -0.198. The zero-order valence-electron chi connectivity index (χ0n) is 14.8. The molecule has 1 atom stereocenters. The average molecular weight is 363 g/mol. The van der Waals surface area contributed by atoms with Crippen LogP contribution < -0.4 is 0 Å². The van der Waals surface area contributed by atoms with E-state index in [2.05, 4.69) is 10.2 Å². The summed E-state index contributed by atoms with van der Waals surface area (Å²) in [6.07, 6.45) is 2.85. The molecular weight excluding hydrogens is 342 g/mol. The predicted molar refractivity (Wildman–Crippen MR) is 100 cm³/mol. The number of carbonyl (C=O) groups is 1. The molecular formula is C21H21N3O3. The fraction of sp³-hybridized carbons (Fsp3) is 0.238. The van der Waals surface area contributed by atoms with Gasteiger partial charge in [0.05, 0.1) is 6.20 Å². The van der Waals surface area contributed by atoms with Gasteiger partial charge < -0.3 is 15.1 Å². The summed E-state index contributed by atoms with van der Waals surface area (Å²) in [7, 11) is 0. The zero-order valence-corrected chi connectivity index (χ0v) is 14.8. The van der Waals surface area contributed by atoms with Gasteiger partial charge in [-0.05, 0) is 35.4 Å². The molecule has 27 heavy (non-hydrogen) atoms. The van der Waals surface area contributed by atoms with Crippen molar-refractivity contribution in [2.24, 2.45) is 0 Å². The molecule has 4 rings (SSSR count). The number of fused-ring (bicyclic) bond motifs is 1. The van der Waals surface area contributed by atoms with E-state index < -0.39 is 0 Å². The van der Waals surface area contributed by atoms with Gasteiger partial charge in [-0.1, -0.05) is 24.3 Å². The zero-order chi connectivity index (χ0) is 18.8. The van der Waals surface area contributed by atoms with Crippen molar-refractivity contribution in [3.8, 4) is 11.5 Å². The topological polar surface area (TPSA) is 89.5 Å². The van der Waals surface area contributed by atoms with Crippen LogP contribution in [0.5, 0.6) is 11.5 Å². The van der Waals surface area contributed by atoms with E-state index in [0.29, 0.717) is 19.5 Å². The summed E-state index contributed by atoms with van der Waals surface area (Å²) in [6.45, 7) is 1.23. The molecule has 1 amide bonds. The van der Waals surface area contributed by atoms with Crippen LogP contribution in [0.25, 0.3) is 0 Å². The summed E-state index contributed by atoms with van der Waals surface area (Å²) in [4.78, 5) is 14.9. The monoisotopic (exact) mass is 363 g/mol. The van der Waals surface area contributed by atoms with Crippen molar-refractivity contribution >= 4 is 5.91 Å². The van der Waals surface area contributed by atoms with Gasteiger partial charge in [0.15, 0.2) is 0 Å². The number of rotatable bonds is 4. The van der Waals surface area contributed by atoms with Crippen molar-refractivity contribution in [1.29, 1.82) is 0 Å². The van der Waals surface area contributed by atoms with Crippen molar-refractivity contribution in [1.82, 2.24) is 15.1 Å². The van der Waals surface area contributed by atoms with Gasteiger partial charge in [-0.15, -0.1) is 0 Å². The highest BCUT2D eigenvalue weighted by molar-refractivity contribution is 5.78. The molecule has 6 nitrogen and oxygen atoms in total. The third-order valence-corrected chi connectivity index (χ3v) is 5.10. The Labute approximate surface area is 157 Å². The van der Waals surface area contributed by atoms with Gasteiger partial charge in [-0.25, -0.2) is 0 Å². The normalized spacial score (nSPS) is 14.6. The largest absolute Gasteiger partial charge is 0.508 e. The van der Waals surface area contributed by atoms with Crippen LogP contribution in [0.2, 0.25) is 0 Å². The number of nitrogens with zero attached hydrogens (tertiary/aromatic N) is 2. The van der Waals surface area contributed by atoms with Crippen LogP contribution in [0.15, 0.2) is 54.7 Å². The van der Waals surface area contributed by atoms with Gasteiger partial charge in [0.1, 0.15) is 11.5 Å². The highest BCUT2D eigenvalue weighted by atomic mass is 16.3. The molecule has 0 radical (unpaired) electrons. The first-order valence-electron chi connectivity index (χ1n) is 8.97. The number of aromatic hydroxyl groups is 2. The summed E-state index contributed by atoms with van der Waals surface area (Å²) in [5, 5.41) is 26.5. The minimum absolute atomic E-state index is 0.0586. The molecule has 2 heterocycles. The molecule has 0 bridgehead atoms. The van der Waals surface area contributed by atoms with Gasteiger partial charge in [0.2, 0.25) is 5.91 Å². The SMILES string of the molecule is O=C(CC(c1ccc(O)cc1)c1cccc(O)c1)N1CCc2[nH]ncc2C1. The number of phenolic OH excluding ortho intramolecular Hbond substituents is 2. The van der Waals surface area contributed by atoms with Crippen LogP contribution in [0, 0.1) is 0 Å². The first-order chi connectivity index (χ1) is 13.1. The number of phenols is 2. The van der Waals surface area contributed by atoms with E-state index in [0.717, 1.165) is 28.8 Å². The second-order valence-corrected chi connectivity index (χ2v) is 6.88. The third-order valence-electron chi connectivity index (χ3n) is 5.10. The fourth-order valence-corrected chi connectivity index (χ4v) is 3.61. The van der Waals surface area contributed by atoms with E-state index >= 15 is 0 Å². The molecule has 1 aliphatic heterocycles. The van der Waals surface area contributed by atoms with E-state index in [-0.39, 0.29) is 23.3 Å². The van der Waals surface area contributed by atoms with Gasteiger partial charge >= 0.3 is 0 Å². The average Bonchev–Trinajstić information content (AvgIpc) is 3.14. The van der Waals surface area contributed by atoms with Crippen LogP contribution in [0.1, 0.15) is 34.7 Å².